The Morgan fingerprint density at radius 3 is 1.68 bits per heavy atom. The molecule has 4 nitrogen and oxygen atoms in total. The quantitative estimate of drug-likeness (QED) is 0.295. The molecule has 0 unspecified atom stereocenters. The number of anilines is 2. The van der Waals surface area contributed by atoms with E-state index < -0.39 is 0 Å². The largest absolute Gasteiger partial charge is 0.457 e. The van der Waals surface area contributed by atoms with Gasteiger partial charge in [0.15, 0.2) is 0 Å². The zero-order valence-corrected chi connectivity index (χ0v) is 22.0. The van der Waals surface area contributed by atoms with Crippen LogP contribution >= 0.6 is 31.9 Å². The van der Waals surface area contributed by atoms with Gasteiger partial charge in [-0.2, -0.15) is 0 Å². The number of nitrogen functional groups attached to an aromatic ring is 2. The first-order valence-electron chi connectivity index (χ1n) is 12.0. The van der Waals surface area contributed by atoms with Crippen molar-refractivity contribution in [2.75, 3.05) is 11.5 Å². The van der Waals surface area contributed by atoms with Crippen molar-refractivity contribution in [1.29, 1.82) is 0 Å². The first kappa shape index (κ1) is 22.3. The molecule has 0 spiro atoms. The third kappa shape index (κ3) is 4.20. The van der Waals surface area contributed by atoms with Crippen LogP contribution in [0.25, 0.3) is 0 Å². The highest BCUT2D eigenvalue weighted by molar-refractivity contribution is 9.11. The van der Waals surface area contributed by atoms with Crippen molar-refractivity contribution < 1.29 is 9.47 Å². The first-order chi connectivity index (χ1) is 16.4. The van der Waals surface area contributed by atoms with Crippen molar-refractivity contribution in [3.05, 3.63) is 69.1 Å². The Balaban J connectivity index is 1.37. The summed E-state index contributed by atoms with van der Waals surface area (Å²) in [5, 5.41) is 0. The summed E-state index contributed by atoms with van der Waals surface area (Å²) in [4.78, 5) is 0. The minimum atomic E-state index is 0.508. The average Bonchev–Trinajstić information content (AvgIpc) is 2.79. The molecule has 4 aliphatic rings. The Morgan fingerprint density at radius 2 is 1.12 bits per heavy atom. The third-order valence-corrected chi connectivity index (χ3v) is 9.41. The molecule has 7 rings (SSSR count). The lowest BCUT2D eigenvalue weighted by atomic mass is 9.50. The molecule has 34 heavy (non-hydrogen) atoms. The maximum atomic E-state index is 6.46. The molecule has 3 aromatic rings. The molecular weight excluding hydrogens is 556 g/mol. The molecule has 4 saturated carbocycles. The normalized spacial score (nSPS) is 27.1. The number of benzene rings is 3. The van der Waals surface area contributed by atoms with Gasteiger partial charge in [0.25, 0.3) is 0 Å². The fourth-order valence-corrected chi connectivity index (χ4v) is 7.30. The van der Waals surface area contributed by atoms with E-state index in [4.69, 9.17) is 20.9 Å². The summed E-state index contributed by atoms with van der Waals surface area (Å²) in [6.07, 6.45) is 6.82. The fourth-order valence-electron chi connectivity index (χ4n) is 6.81. The summed E-state index contributed by atoms with van der Waals surface area (Å²) in [6.45, 7) is 0. The molecule has 6 heteroatoms. The third-order valence-electron chi connectivity index (χ3n) is 7.97. The second-order valence-electron chi connectivity index (χ2n) is 10.2. The maximum absolute atomic E-state index is 6.46. The van der Waals surface area contributed by atoms with Gasteiger partial charge in [0.1, 0.15) is 23.0 Å². The van der Waals surface area contributed by atoms with E-state index in [9.17, 15) is 0 Å². The van der Waals surface area contributed by atoms with E-state index in [1.807, 2.05) is 42.5 Å². The number of rotatable bonds is 5. The van der Waals surface area contributed by atoms with E-state index in [-0.39, 0.29) is 0 Å². The van der Waals surface area contributed by atoms with Crippen molar-refractivity contribution >= 4 is 43.2 Å². The minimum Gasteiger partial charge on any atom is -0.457 e. The lowest BCUT2D eigenvalue weighted by Gasteiger charge is -2.54. The minimum absolute atomic E-state index is 0.508. The Kier molecular flexibility index (Phi) is 5.77. The maximum Gasteiger partial charge on any atom is 0.131 e. The smallest absolute Gasteiger partial charge is 0.131 e. The van der Waals surface area contributed by atoms with Crippen LogP contribution in [0.1, 0.15) is 43.6 Å². The molecule has 0 saturated heterocycles. The molecule has 0 atom stereocenters. The molecule has 0 radical (unpaired) electrons. The molecule has 0 aromatic heterocycles. The molecule has 176 valence electrons. The van der Waals surface area contributed by atoms with Gasteiger partial charge in [-0.25, -0.2) is 0 Å². The zero-order chi connectivity index (χ0) is 23.4. The average molecular weight is 584 g/mol. The molecule has 3 aromatic carbocycles. The molecule has 4 fully saturated rings. The summed E-state index contributed by atoms with van der Waals surface area (Å²) in [7, 11) is 0. The van der Waals surface area contributed by atoms with E-state index in [1.54, 1.807) is 0 Å². The highest BCUT2D eigenvalue weighted by atomic mass is 79.9. The van der Waals surface area contributed by atoms with Crippen molar-refractivity contribution in [2.45, 2.75) is 38.0 Å². The van der Waals surface area contributed by atoms with Crippen LogP contribution < -0.4 is 20.9 Å². The van der Waals surface area contributed by atoms with Gasteiger partial charge < -0.3 is 20.9 Å². The summed E-state index contributed by atoms with van der Waals surface area (Å²) in [6, 6.07) is 17.7. The van der Waals surface area contributed by atoms with Gasteiger partial charge in [-0.05, 0) is 136 Å². The SMILES string of the molecule is Nc1cc(Oc2ccc(Oc3ccc(Br)c(N)c3)c(C3C4CC5CC(C4)CC3C5)c2)ccc1Br. The molecule has 0 aliphatic heterocycles. The zero-order valence-electron chi connectivity index (χ0n) is 18.8. The molecule has 4 bridgehead atoms. The van der Waals surface area contributed by atoms with Crippen LogP contribution in [-0.2, 0) is 0 Å². The van der Waals surface area contributed by atoms with Crippen LogP contribution in [0.4, 0.5) is 11.4 Å². The summed E-state index contributed by atoms with van der Waals surface area (Å²) in [5.41, 5.74) is 14.8. The standard InChI is InChI=1S/C28H28Br2N2O2/c29-23-4-1-20(13-25(23)31)33-19-3-6-27(34-21-2-5-24(30)26(32)14-21)22(12-19)28-17-8-15-7-16(10-17)11-18(28)9-15/h1-6,12-18,28H,7-11,31-32H2. The number of hydrogen-bond acceptors (Lipinski definition) is 4. The van der Waals surface area contributed by atoms with Crippen LogP contribution in [0, 0.1) is 23.7 Å². The molecular formula is C28H28Br2N2O2. The van der Waals surface area contributed by atoms with Gasteiger partial charge in [-0.1, -0.05) is 0 Å². The van der Waals surface area contributed by atoms with Gasteiger partial charge in [-0.15, -0.1) is 0 Å². The van der Waals surface area contributed by atoms with Gasteiger partial charge >= 0.3 is 0 Å². The molecule has 0 heterocycles. The summed E-state index contributed by atoms with van der Waals surface area (Å²) < 4.78 is 14.5. The van der Waals surface area contributed by atoms with E-state index in [0.717, 1.165) is 55.6 Å². The van der Waals surface area contributed by atoms with Gasteiger partial charge in [-0.3, -0.25) is 0 Å². The lowest BCUT2D eigenvalue weighted by Crippen LogP contribution is -2.43. The number of nitrogens with two attached hydrogens (primary N) is 2. The highest BCUT2D eigenvalue weighted by Crippen LogP contribution is 2.61. The predicted octanol–water partition coefficient (Wildman–Crippen LogP) is 8.50. The number of hydrogen-bond donors (Lipinski definition) is 2. The second kappa shape index (κ2) is 8.80. The summed E-state index contributed by atoms with van der Waals surface area (Å²) in [5.74, 6) is 6.99. The van der Waals surface area contributed by atoms with Gasteiger partial charge in [0, 0.05) is 38.0 Å². The molecule has 0 amide bonds. The Bertz CT molecular complexity index is 1220. The second-order valence-corrected chi connectivity index (χ2v) is 11.9. The predicted molar refractivity (Wildman–Crippen MR) is 143 cm³/mol. The van der Waals surface area contributed by atoms with Gasteiger partial charge in [0.05, 0.1) is 0 Å². The Morgan fingerprint density at radius 1 is 0.618 bits per heavy atom. The van der Waals surface area contributed by atoms with Crippen molar-refractivity contribution in [1.82, 2.24) is 0 Å². The first-order valence-corrected chi connectivity index (χ1v) is 13.6. The van der Waals surface area contributed by atoms with Crippen molar-refractivity contribution in [3.8, 4) is 23.0 Å². The topological polar surface area (TPSA) is 70.5 Å². The van der Waals surface area contributed by atoms with Crippen LogP contribution in [0.15, 0.2) is 63.5 Å². The van der Waals surface area contributed by atoms with Crippen LogP contribution in [0.5, 0.6) is 23.0 Å². The highest BCUT2D eigenvalue weighted by Gasteiger charge is 2.49. The Labute approximate surface area is 217 Å². The Hall–Kier alpha value is -2.18. The van der Waals surface area contributed by atoms with E-state index in [2.05, 4.69) is 44.0 Å². The molecule has 4 N–H and O–H groups in total. The van der Waals surface area contributed by atoms with Crippen LogP contribution in [0.2, 0.25) is 0 Å². The van der Waals surface area contributed by atoms with Crippen LogP contribution in [0.3, 0.4) is 0 Å². The van der Waals surface area contributed by atoms with E-state index >= 15 is 0 Å². The lowest BCUT2D eigenvalue weighted by molar-refractivity contribution is -0.00339. The number of ether oxygens (including phenoxy) is 2. The monoisotopic (exact) mass is 582 g/mol. The van der Waals surface area contributed by atoms with E-state index in [0.29, 0.717) is 17.3 Å². The van der Waals surface area contributed by atoms with Crippen molar-refractivity contribution in [3.63, 3.8) is 0 Å². The van der Waals surface area contributed by atoms with Crippen LogP contribution in [-0.4, -0.2) is 0 Å². The molecule has 4 aliphatic carbocycles. The van der Waals surface area contributed by atoms with E-state index in [1.165, 1.54) is 37.7 Å². The summed E-state index contributed by atoms with van der Waals surface area (Å²) >= 11 is 6.93. The fraction of sp³-hybridized carbons (Fsp3) is 0.357. The van der Waals surface area contributed by atoms with Crippen molar-refractivity contribution in [2.24, 2.45) is 23.7 Å². The number of halogens is 2. The van der Waals surface area contributed by atoms with Gasteiger partial charge in [0.2, 0.25) is 0 Å².